The Morgan fingerprint density at radius 2 is 2.33 bits per heavy atom. The van der Waals surface area contributed by atoms with E-state index >= 15 is 0 Å². The topological polar surface area (TPSA) is 32.3 Å². The van der Waals surface area contributed by atoms with Crippen LogP contribution in [-0.4, -0.2) is 38.4 Å². The molecule has 0 saturated carbocycles. The number of fused-ring (bicyclic) bond motifs is 1. The van der Waals surface area contributed by atoms with Crippen molar-refractivity contribution in [2.45, 2.75) is 12.5 Å². The molecule has 98 valence electrons. The summed E-state index contributed by atoms with van der Waals surface area (Å²) in [4.78, 5) is 13.4. The van der Waals surface area contributed by atoms with Gasteiger partial charge in [-0.25, -0.2) is 0 Å². The predicted octanol–water partition coefficient (Wildman–Crippen LogP) is 2.01. The van der Waals surface area contributed by atoms with Gasteiger partial charge < -0.3 is 15.0 Å². The fourth-order valence-electron chi connectivity index (χ4n) is 2.60. The molecule has 4 heteroatoms. The van der Waals surface area contributed by atoms with Gasteiger partial charge in [-0.05, 0) is 50.3 Å². The minimum absolute atomic E-state index is 0.000209. The molecule has 18 heavy (non-hydrogen) atoms. The molecule has 3 nitrogen and oxygen atoms in total. The van der Waals surface area contributed by atoms with Gasteiger partial charge in [-0.15, -0.1) is 0 Å². The van der Waals surface area contributed by atoms with Crippen molar-refractivity contribution in [1.82, 2.24) is 10.2 Å². The summed E-state index contributed by atoms with van der Waals surface area (Å²) < 4.78 is 1.11. The van der Waals surface area contributed by atoms with Crippen LogP contribution in [0.5, 0.6) is 0 Å². The van der Waals surface area contributed by atoms with Crippen LogP contribution in [0, 0.1) is 5.92 Å². The van der Waals surface area contributed by atoms with Gasteiger partial charge in [-0.1, -0.05) is 22.0 Å². The summed E-state index contributed by atoms with van der Waals surface area (Å²) in [5.41, 5.74) is 2.61. The van der Waals surface area contributed by atoms with Crippen molar-refractivity contribution in [2.75, 3.05) is 27.2 Å². The quantitative estimate of drug-likeness (QED) is 0.864. The van der Waals surface area contributed by atoms with Crippen molar-refractivity contribution in [3.63, 3.8) is 0 Å². The minimum Gasteiger partial charge on any atom is -0.309 e. The molecule has 1 N–H and O–H groups in total. The SMILES string of the molecule is CN(C)CC(C=O)C1NCCc2cc(Br)ccc21. The molecule has 0 spiro atoms. The maximum atomic E-state index is 11.3. The number of rotatable bonds is 4. The van der Waals surface area contributed by atoms with Crippen LogP contribution in [0.15, 0.2) is 22.7 Å². The van der Waals surface area contributed by atoms with E-state index in [0.717, 1.165) is 30.3 Å². The van der Waals surface area contributed by atoms with E-state index in [2.05, 4.69) is 44.3 Å². The Morgan fingerprint density at radius 3 is 3.00 bits per heavy atom. The number of aldehydes is 1. The highest BCUT2D eigenvalue weighted by Gasteiger charge is 2.27. The van der Waals surface area contributed by atoms with Crippen LogP contribution in [0.1, 0.15) is 17.2 Å². The Bertz CT molecular complexity index is 434. The standard InChI is InChI=1S/C14H19BrN2O/c1-17(2)8-11(9-18)14-13-4-3-12(15)7-10(13)5-6-16-14/h3-4,7,9,11,14,16H,5-6,8H2,1-2H3. The van der Waals surface area contributed by atoms with Crippen molar-refractivity contribution in [3.8, 4) is 0 Å². The molecule has 1 aromatic rings. The van der Waals surface area contributed by atoms with Gasteiger partial charge in [-0.3, -0.25) is 0 Å². The Morgan fingerprint density at radius 1 is 1.56 bits per heavy atom. The van der Waals surface area contributed by atoms with E-state index < -0.39 is 0 Å². The van der Waals surface area contributed by atoms with Crippen molar-refractivity contribution >= 4 is 22.2 Å². The third-order valence-electron chi connectivity index (χ3n) is 3.38. The fourth-order valence-corrected chi connectivity index (χ4v) is 3.01. The molecule has 0 radical (unpaired) electrons. The first-order valence-corrected chi connectivity index (χ1v) is 7.03. The third-order valence-corrected chi connectivity index (χ3v) is 3.87. The van der Waals surface area contributed by atoms with Crippen LogP contribution in [0.25, 0.3) is 0 Å². The van der Waals surface area contributed by atoms with Gasteiger partial charge in [0.05, 0.1) is 0 Å². The lowest BCUT2D eigenvalue weighted by atomic mass is 9.86. The number of nitrogens with one attached hydrogen (secondary N) is 1. The molecular formula is C14H19BrN2O. The van der Waals surface area contributed by atoms with Crippen LogP contribution < -0.4 is 5.32 Å². The highest BCUT2D eigenvalue weighted by molar-refractivity contribution is 9.10. The van der Waals surface area contributed by atoms with Crippen LogP contribution in [-0.2, 0) is 11.2 Å². The van der Waals surface area contributed by atoms with E-state index in [-0.39, 0.29) is 12.0 Å². The number of benzene rings is 1. The zero-order valence-corrected chi connectivity index (χ0v) is 12.4. The van der Waals surface area contributed by atoms with Crippen LogP contribution in [0.2, 0.25) is 0 Å². The van der Waals surface area contributed by atoms with Crippen LogP contribution in [0.3, 0.4) is 0 Å². The zero-order valence-electron chi connectivity index (χ0n) is 10.8. The Kier molecular flexibility index (Phi) is 4.54. The van der Waals surface area contributed by atoms with E-state index in [1.165, 1.54) is 11.1 Å². The fraction of sp³-hybridized carbons (Fsp3) is 0.500. The molecule has 2 unspecified atom stereocenters. The zero-order chi connectivity index (χ0) is 13.1. The molecule has 0 aromatic heterocycles. The molecule has 2 rings (SSSR count). The number of nitrogens with zero attached hydrogens (tertiary/aromatic N) is 1. The van der Waals surface area contributed by atoms with E-state index in [0.29, 0.717) is 0 Å². The number of carbonyl (C=O) groups excluding carboxylic acids is 1. The molecule has 1 aliphatic heterocycles. The van der Waals surface area contributed by atoms with Gasteiger partial charge in [0.2, 0.25) is 0 Å². The highest BCUT2D eigenvalue weighted by atomic mass is 79.9. The first-order valence-electron chi connectivity index (χ1n) is 6.23. The first kappa shape index (κ1) is 13.7. The molecule has 1 heterocycles. The summed E-state index contributed by atoms with van der Waals surface area (Å²) in [6.07, 6.45) is 2.10. The maximum absolute atomic E-state index is 11.3. The van der Waals surface area contributed by atoms with Gasteiger partial charge in [-0.2, -0.15) is 0 Å². The summed E-state index contributed by atoms with van der Waals surface area (Å²) in [5, 5.41) is 3.48. The molecule has 1 aliphatic rings. The Labute approximate surface area is 117 Å². The lowest BCUT2D eigenvalue weighted by Crippen LogP contribution is -2.39. The van der Waals surface area contributed by atoms with Gasteiger partial charge in [0.15, 0.2) is 0 Å². The van der Waals surface area contributed by atoms with E-state index in [1.54, 1.807) is 0 Å². The highest BCUT2D eigenvalue weighted by Crippen LogP contribution is 2.30. The first-order chi connectivity index (χ1) is 8.61. The summed E-state index contributed by atoms with van der Waals surface area (Å²) in [7, 11) is 4.00. The molecule has 0 saturated heterocycles. The van der Waals surface area contributed by atoms with Gasteiger partial charge in [0, 0.05) is 23.0 Å². The van der Waals surface area contributed by atoms with Crippen molar-refractivity contribution in [1.29, 1.82) is 0 Å². The van der Waals surface area contributed by atoms with E-state index in [1.807, 2.05) is 14.1 Å². The van der Waals surface area contributed by atoms with E-state index in [4.69, 9.17) is 0 Å². The van der Waals surface area contributed by atoms with Gasteiger partial charge in [0.1, 0.15) is 6.29 Å². The third kappa shape index (κ3) is 2.99. The normalized spacial score (nSPS) is 20.6. The number of hydrogen-bond donors (Lipinski definition) is 1. The Hall–Kier alpha value is -0.710. The average Bonchev–Trinajstić information content (AvgIpc) is 2.34. The maximum Gasteiger partial charge on any atom is 0.126 e. The van der Waals surface area contributed by atoms with Gasteiger partial charge in [0.25, 0.3) is 0 Å². The smallest absolute Gasteiger partial charge is 0.126 e. The van der Waals surface area contributed by atoms with Gasteiger partial charge >= 0.3 is 0 Å². The minimum atomic E-state index is 0.000209. The summed E-state index contributed by atoms with van der Waals surface area (Å²) >= 11 is 3.51. The van der Waals surface area contributed by atoms with E-state index in [9.17, 15) is 4.79 Å². The average molecular weight is 311 g/mol. The van der Waals surface area contributed by atoms with Crippen molar-refractivity contribution < 1.29 is 4.79 Å². The summed E-state index contributed by atoms with van der Waals surface area (Å²) in [6, 6.07) is 6.49. The molecule has 2 atom stereocenters. The Balaban J connectivity index is 2.28. The lowest BCUT2D eigenvalue weighted by molar-refractivity contribution is -0.112. The van der Waals surface area contributed by atoms with Crippen LogP contribution in [0.4, 0.5) is 0 Å². The molecule has 0 amide bonds. The predicted molar refractivity (Wildman–Crippen MR) is 76.7 cm³/mol. The molecular weight excluding hydrogens is 292 g/mol. The number of halogens is 1. The second kappa shape index (κ2) is 5.95. The number of hydrogen-bond acceptors (Lipinski definition) is 3. The van der Waals surface area contributed by atoms with Crippen LogP contribution >= 0.6 is 15.9 Å². The number of carbonyl (C=O) groups is 1. The molecule has 0 bridgehead atoms. The summed E-state index contributed by atoms with van der Waals surface area (Å²) in [6.45, 7) is 1.71. The second-order valence-electron chi connectivity index (χ2n) is 5.09. The lowest BCUT2D eigenvalue weighted by Gasteiger charge is -2.32. The largest absolute Gasteiger partial charge is 0.309 e. The van der Waals surface area contributed by atoms with Crippen molar-refractivity contribution in [2.24, 2.45) is 5.92 Å². The summed E-state index contributed by atoms with van der Waals surface area (Å²) in [5.74, 6) is 0.000209. The monoisotopic (exact) mass is 310 g/mol. The molecule has 1 aromatic carbocycles. The molecule has 0 fully saturated rings. The second-order valence-corrected chi connectivity index (χ2v) is 6.00. The molecule has 0 aliphatic carbocycles. The van der Waals surface area contributed by atoms with Crippen molar-refractivity contribution in [3.05, 3.63) is 33.8 Å².